The van der Waals surface area contributed by atoms with Crippen molar-refractivity contribution < 1.29 is 19.8 Å². The highest BCUT2D eigenvalue weighted by atomic mass is 16.4. The minimum atomic E-state index is -1.08. The minimum absolute atomic E-state index is 0.000891. The second-order valence-electron chi connectivity index (χ2n) is 9.14. The van der Waals surface area contributed by atoms with Gasteiger partial charge >= 0.3 is 11.9 Å². The third-order valence-corrected chi connectivity index (χ3v) is 6.45. The third kappa shape index (κ3) is 5.47. The zero-order valence-corrected chi connectivity index (χ0v) is 21.3. The van der Waals surface area contributed by atoms with Gasteiger partial charge in [0.25, 0.3) is 0 Å². The average molecular weight is 526 g/mol. The van der Waals surface area contributed by atoms with Crippen molar-refractivity contribution in [3.05, 3.63) is 89.6 Å². The number of aromatic carboxylic acids is 1. The number of hydrogen-bond acceptors (Lipinski definition) is 6. The molecule has 0 amide bonds. The highest BCUT2D eigenvalue weighted by Crippen LogP contribution is 2.30. The molecule has 3 N–H and O–H groups in total. The van der Waals surface area contributed by atoms with Gasteiger partial charge in [-0.2, -0.15) is 5.21 Å². The maximum atomic E-state index is 12.5. The average Bonchev–Trinajstić information content (AvgIpc) is 3.69. The van der Waals surface area contributed by atoms with Crippen LogP contribution in [0.15, 0.2) is 67.0 Å². The van der Waals surface area contributed by atoms with Crippen LogP contribution in [-0.2, 0) is 24.2 Å². The van der Waals surface area contributed by atoms with Gasteiger partial charge < -0.3 is 19.3 Å². The van der Waals surface area contributed by atoms with Crippen molar-refractivity contribution in [2.24, 2.45) is 0 Å². The summed E-state index contributed by atoms with van der Waals surface area (Å²) in [6.07, 6.45) is 5.24. The van der Waals surface area contributed by atoms with Crippen LogP contribution in [0, 0.1) is 0 Å². The number of tetrazole rings is 1. The van der Waals surface area contributed by atoms with Crippen molar-refractivity contribution in [2.45, 2.75) is 39.2 Å². The third-order valence-electron chi connectivity index (χ3n) is 6.45. The molecule has 0 saturated heterocycles. The molecule has 3 aromatic heterocycles. The molecule has 2 aromatic carbocycles. The number of hydrogen-bond donors (Lipinski definition) is 3. The number of imidazole rings is 1. The Morgan fingerprint density at radius 3 is 2.38 bits per heavy atom. The largest absolute Gasteiger partial charge is 0.481 e. The number of benzene rings is 2. The Hall–Kier alpha value is -5.06. The first kappa shape index (κ1) is 25.6. The van der Waals surface area contributed by atoms with Gasteiger partial charge in [-0.25, -0.2) is 9.78 Å². The lowest BCUT2D eigenvalue weighted by Gasteiger charge is -2.12. The summed E-state index contributed by atoms with van der Waals surface area (Å²) in [7, 11) is 0. The van der Waals surface area contributed by atoms with E-state index >= 15 is 0 Å². The Bertz CT molecular complexity index is 1600. The molecule has 0 fully saturated rings. The molecule has 0 aliphatic rings. The summed E-state index contributed by atoms with van der Waals surface area (Å²) in [5.74, 6) is -0.457. The first-order valence-electron chi connectivity index (χ1n) is 12.6. The van der Waals surface area contributed by atoms with Crippen LogP contribution in [0.1, 0.15) is 47.2 Å². The SMILES string of the molecule is CCCc1nc(-n2ccc(CCC(=O)O)c2)c(C(=O)O)n1Cc1ccc(-c2ccccc2-c2nn[nH]n2)cc1. The molecule has 0 spiro atoms. The molecule has 11 heteroatoms. The van der Waals surface area contributed by atoms with Crippen molar-refractivity contribution in [3.8, 4) is 28.3 Å². The molecule has 0 aliphatic heterocycles. The quantitative estimate of drug-likeness (QED) is 0.232. The normalized spacial score (nSPS) is 11.1. The van der Waals surface area contributed by atoms with Gasteiger partial charge in [0.15, 0.2) is 11.5 Å². The molecule has 0 saturated carbocycles. The number of aliphatic carboxylic acids is 1. The number of aryl methyl sites for hydroxylation is 2. The summed E-state index contributed by atoms with van der Waals surface area (Å²) in [6, 6.07) is 17.5. The highest BCUT2D eigenvalue weighted by Gasteiger charge is 2.24. The lowest BCUT2D eigenvalue weighted by molar-refractivity contribution is -0.136. The second-order valence-corrected chi connectivity index (χ2v) is 9.14. The van der Waals surface area contributed by atoms with E-state index in [1.165, 1.54) is 0 Å². The molecule has 0 aliphatic carbocycles. The molecule has 0 unspecified atom stereocenters. The molecular weight excluding hydrogens is 498 g/mol. The number of carboxylic acid groups (broad SMARTS) is 2. The Balaban J connectivity index is 1.47. The van der Waals surface area contributed by atoms with E-state index in [-0.39, 0.29) is 12.1 Å². The number of rotatable bonds is 11. The van der Waals surface area contributed by atoms with Gasteiger partial charge in [-0.1, -0.05) is 55.5 Å². The van der Waals surface area contributed by atoms with Gasteiger partial charge in [0.2, 0.25) is 5.82 Å². The van der Waals surface area contributed by atoms with Crippen molar-refractivity contribution in [1.82, 2.24) is 34.7 Å². The van der Waals surface area contributed by atoms with Crippen LogP contribution in [0.4, 0.5) is 0 Å². The van der Waals surface area contributed by atoms with Crippen LogP contribution in [0.2, 0.25) is 0 Å². The summed E-state index contributed by atoms with van der Waals surface area (Å²) >= 11 is 0. The number of nitrogens with one attached hydrogen (secondary N) is 1. The standard InChI is InChI=1S/C28H27N7O4/c1-2-5-23-29-27(34-15-14-19(16-34)10-13-24(36)37)25(28(38)39)35(23)17-18-8-11-20(12-9-18)21-6-3-4-7-22(21)26-30-32-33-31-26/h3-4,6-9,11-12,14-16H,2,5,10,13,17H2,1H3,(H,36,37)(H,38,39)(H,30,31,32,33). The number of nitrogens with zero attached hydrogens (tertiary/aromatic N) is 6. The number of carbonyl (C=O) groups is 2. The van der Waals surface area contributed by atoms with Crippen molar-refractivity contribution in [1.29, 1.82) is 0 Å². The number of aromatic nitrogens is 7. The van der Waals surface area contributed by atoms with E-state index in [0.29, 0.717) is 36.9 Å². The predicted octanol–water partition coefficient (Wildman–Crippen LogP) is 4.24. The maximum Gasteiger partial charge on any atom is 0.356 e. The van der Waals surface area contributed by atoms with E-state index < -0.39 is 11.9 Å². The topological polar surface area (TPSA) is 152 Å². The van der Waals surface area contributed by atoms with Crippen LogP contribution in [-0.4, -0.2) is 56.9 Å². The lowest BCUT2D eigenvalue weighted by Crippen LogP contribution is -2.14. The lowest BCUT2D eigenvalue weighted by atomic mass is 9.98. The molecule has 0 atom stereocenters. The highest BCUT2D eigenvalue weighted by molar-refractivity contribution is 5.89. The van der Waals surface area contributed by atoms with E-state index in [1.54, 1.807) is 27.6 Å². The number of aromatic amines is 1. The predicted molar refractivity (Wildman–Crippen MR) is 143 cm³/mol. The molecule has 3 heterocycles. The van der Waals surface area contributed by atoms with Crippen LogP contribution in [0.5, 0.6) is 0 Å². The van der Waals surface area contributed by atoms with E-state index in [0.717, 1.165) is 34.2 Å². The van der Waals surface area contributed by atoms with Gasteiger partial charge in [0.05, 0.1) is 0 Å². The van der Waals surface area contributed by atoms with Crippen molar-refractivity contribution >= 4 is 11.9 Å². The summed E-state index contributed by atoms with van der Waals surface area (Å²) in [4.78, 5) is 28.1. The summed E-state index contributed by atoms with van der Waals surface area (Å²) in [5.41, 5.74) is 4.60. The van der Waals surface area contributed by atoms with Crippen LogP contribution in [0.25, 0.3) is 28.3 Å². The van der Waals surface area contributed by atoms with Gasteiger partial charge in [-0.05, 0) is 46.4 Å². The molecule has 0 bridgehead atoms. The fourth-order valence-electron chi connectivity index (χ4n) is 4.61. The van der Waals surface area contributed by atoms with Gasteiger partial charge in [-0.3, -0.25) is 4.79 Å². The first-order chi connectivity index (χ1) is 18.9. The van der Waals surface area contributed by atoms with Crippen LogP contribution in [0.3, 0.4) is 0 Å². The summed E-state index contributed by atoms with van der Waals surface area (Å²) in [5, 5.41) is 33.5. The van der Waals surface area contributed by atoms with Gasteiger partial charge in [0, 0.05) is 37.3 Å². The zero-order chi connectivity index (χ0) is 27.4. The van der Waals surface area contributed by atoms with Gasteiger partial charge in [-0.15, -0.1) is 10.2 Å². The van der Waals surface area contributed by atoms with Crippen molar-refractivity contribution in [3.63, 3.8) is 0 Å². The monoisotopic (exact) mass is 525 g/mol. The van der Waals surface area contributed by atoms with Crippen molar-refractivity contribution in [2.75, 3.05) is 0 Å². The van der Waals surface area contributed by atoms with Gasteiger partial charge in [0.1, 0.15) is 5.82 Å². The van der Waals surface area contributed by atoms with Crippen LogP contribution < -0.4 is 0 Å². The van der Waals surface area contributed by atoms with E-state index in [2.05, 4.69) is 20.6 Å². The first-order valence-corrected chi connectivity index (χ1v) is 12.6. The fraction of sp³-hybridized carbons (Fsp3) is 0.214. The Morgan fingerprint density at radius 2 is 1.72 bits per heavy atom. The zero-order valence-electron chi connectivity index (χ0n) is 21.3. The molecule has 5 aromatic rings. The number of H-pyrrole nitrogens is 1. The number of carboxylic acids is 2. The van der Waals surface area contributed by atoms with E-state index in [9.17, 15) is 14.7 Å². The Labute approximate surface area is 223 Å². The molecule has 0 radical (unpaired) electrons. The summed E-state index contributed by atoms with van der Waals surface area (Å²) in [6.45, 7) is 2.36. The molecule has 39 heavy (non-hydrogen) atoms. The van der Waals surface area contributed by atoms with E-state index in [1.807, 2.05) is 55.5 Å². The molecular formula is C28H27N7O4. The van der Waals surface area contributed by atoms with E-state index in [4.69, 9.17) is 10.1 Å². The Morgan fingerprint density at radius 1 is 0.949 bits per heavy atom. The molecule has 5 rings (SSSR count). The second kappa shape index (κ2) is 11.1. The smallest absolute Gasteiger partial charge is 0.356 e. The summed E-state index contributed by atoms with van der Waals surface area (Å²) < 4.78 is 3.41. The molecule has 11 nitrogen and oxygen atoms in total. The molecule has 198 valence electrons. The fourth-order valence-corrected chi connectivity index (χ4v) is 4.61. The maximum absolute atomic E-state index is 12.5. The Kier molecular flexibility index (Phi) is 7.30. The minimum Gasteiger partial charge on any atom is -0.481 e. The van der Waals surface area contributed by atoms with Crippen LogP contribution >= 0.6 is 0 Å².